The van der Waals surface area contributed by atoms with Crippen molar-refractivity contribution in [2.24, 2.45) is 5.92 Å². The van der Waals surface area contributed by atoms with Gasteiger partial charge in [-0.2, -0.15) is 0 Å². The van der Waals surface area contributed by atoms with Gasteiger partial charge < -0.3 is 4.74 Å². The van der Waals surface area contributed by atoms with Gasteiger partial charge >= 0.3 is 5.97 Å². The van der Waals surface area contributed by atoms with Crippen molar-refractivity contribution in [1.82, 2.24) is 4.90 Å². The zero-order chi connectivity index (χ0) is 16.3. The summed E-state index contributed by atoms with van der Waals surface area (Å²) in [6.07, 6.45) is -0.0467. The molecule has 0 bridgehead atoms. The van der Waals surface area contributed by atoms with Crippen LogP contribution in [0.3, 0.4) is 0 Å². The first kappa shape index (κ1) is 16.1. The summed E-state index contributed by atoms with van der Waals surface area (Å²) >= 11 is 0. The van der Waals surface area contributed by atoms with Crippen LogP contribution >= 0.6 is 0 Å². The number of nitrogens with zero attached hydrogens (tertiary/aromatic N) is 1. The predicted molar refractivity (Wildman–Crippen MR) is 71.5 cm³/mol. The second-order valence-electron chi connectivity index (χ2n) is 5.01. The lowest BCUT2D eigenvalue weighted by molar-refractivity contribution is -0.152. The Hall–Kier alpha value is -2.31. The molecular weight excluding hydrogens is 296 g/mol. The number of halogens is 2. The SMILES string of the molecule is CCOC(=O)CN1C(=O)CC(Cc2cc(F)cc(F)c2)C1=O. The molecule has 22 heavy (non-hydrogen) atoms. The van der Waals surface area contributed by atoms with E-state index in [1.54, 1.807) is 6.92 Å². The molecule has 0 aromatic heterocycles. The molecular formula is C15H15F2NO4. The normalized spacial score (nSPS) is 18.0. The Morgan fingerprint density at radius 3 is 2.50 bits per heavy atom. The van der Waals surface area contributed by atoms with Gasteiger partial charge in [-0.05, 0) is 31.0 Å². The zero-order valence-corrected chi connectivity index (χ0v) is 12.0. The van der Waals surface area contributed by atoms with Crippen LogP contribution < -0.4 is 0 Å². The van der Waals surface area contributed by atoms with Gasteiger partial charge in [0.1, 0.15) is 18.2 Å². The van der Waals surface area contributed by atoms with Gasteiger partial charge in [0.2, 0.25) is 11.8 Å². The molecule has 1 saturated heterocycles. The van der Waals surface area contributed by atoms with E-state index in [0.29, 0.717) is 5.56 Å². The Kier molecular flexibility index (Phi) is 4.85. The van der Waals surface area contributed by atoms with E-state index in [-0.39, 0.29) is 19.4 Å². The number of esters is 1. The summed E-state index contributed by atoms with van der Waals surface area (Å²) < 4.78 is 31.0. The van der Waals surface area contributed by atoms with E-state index in [9.17, 15) is 23.2 Å². The third kappa shape index (κ3) is 3.66. The van der Waals surface area contributed by atoms with Crippen LogP contribution in [0.2, 0.25) is 0 Å². The maximum atomic E-state index is 13.1. The smallest absolute Gasteiger partial charge is 0.326 e. The van der Waals surface area contributed by atoms with E-state index >= 15 is 0 Å². The van der Waals surface area contributed by atoms with Crippen LogP contribution in [0.25, 0.3) is 0 Å². The number of ether oxygens (including phenoxy) is 1. The first-order valence-corrected chi connectivity index (χ1v) is 6.85. The number of carbonyl (C=O) groups excluding carboxylic acids is 3. The van der Waals surface area contributed by atoms with Crippen LogP contribution in [0, 0.1) is 17.6 Å². The predicted octanol–water partition coefficient (Wildman–Crippen LogP) is 1.45. The molecule has 1 aromatic carbocycles. The summed E-state index contributed by atoms with van der Waals surface area (Å²) in [6.45, 7) is 1.34. The topological polar surface area (TPSA) is 63.7 Å². The molecule has 5 nitrogen and oxygen atoms in total. The van der Waals surface area contributed by atoms with E-state index in [0.717, 1.165) is 23.1 Å². The molecule has 0 radical (unpaired) electrons. The number of carbonyl (C=O) groups is 3. The minimum atomic E-state index is -0.741. The number of amides is 2. The molecule has 1 aromatic rings. The molecule has 2 rings (SSSR count). The lowest BCUT2D eigenvalue weighted by atomic mass is 9.98. The highest BCUT2D eigenvalue weighted by atomic mass is 19.1. The number of hydrogen-bond donors (Lipinski definition) is 0. The molecule has 118 valence electrons. The molecule has 7 heteroatoms. The molecule has 0 aliphatic carbocycles. The quantitative estimate of drug-likeness (QED) is 0.610. The van der Waals surface area contributed by atoms with Gasteiger partial charge in [0, 0.05) is 12.5 Å². The Bertz CT molecular complexity index is 597. The number of benzene rings is 1. The average molecular weight is 311 g/mol. The molecule has 1 heterocycles. The van der Waals surface area contributed by atoms with Crippen LogP contribution in [0.4, 0.5) is 8.78 Å². The lowest BCUT2D eigenvalue weighted by Gasteiger charge is -2.14. The van der Waals surface area contributed by atoms with E-state index in [1.165, 1.54) is 0 Å². The third-order valence-electron chi connectivity index (χ3n) is 3.33. The molecule has 2 amide bonds. The van der Waals surface area contributed by atoms with E-state index < -0.39 is 41.9 Å². The van der Waals surface area contributed by atoms with Gasteiger partial charge in [0.05, 0.1) is 12.5 Å². The molecule has 0 spiro atoms. The zero-order valence-electron chi connectivity index (χ0n) is 12.0. The minimum Gasteiger partial charge on any atom is -0.465 e. The van der Waals surface area contributed by atoms with Gasteiger partial charge in [-0.25, -0.2) is 8.78 Å². The average Bonchev–Trinajstić information content (AvgIpc) is 2.65. The monoisotopic (exact) mass is 311 g/mol. The van der Waals surface area contributed by atoms with Crippen LogP contribution in [0.5, 0.6) is 0 Å². The van der Waals surface area contributed by atoms with Crippen LogP contribution in [-0.2, 0) is 25.5 Å². The largest absolute Gasteiger partial charge is 0.465 e. The fourth-order valence-corrected chi connectivity index (χ4v) is 2.43. The number of hydrogen-bond acceptors (Lipinski definition) is 4. The summed E-state index contributed by atoms with van der Waals surface area (Å²) in [7, 11) is 0. The van der Waals surface area contributed by atoms with Crippen molar-refractivity contribution in [3.8, 4) is 0 Å². The van der Waals surface area contributed by atoms with E-state index in [2.05, 4.69) is 0 Å². The maximum absolute atomic E-state index is 13.1. The first-order valence-electron chi connectivity index (χ1n) is 6.85. The van der Waals surface area contributed by atoms with Gasteiger partial charge in [-0.15, -0.1) is 0 Å². The summed E-state index contributed by atoms with van der Waals surface area (Å²) in [5, 5.41) is 0. The van der Waals surface area contributed by atoms with E-state index in [4.69, 9.17) is 4.74 Å². The molecule has 0 N–H and O–H groups in total. The summed E-state index contributed by atoms with van der Waals surface area (Å²) in [6, 6.07) is 2.97. The highest BCUT2D eigenvalue weighted by molar-refractivity contribution is 6.05. The summed E-state index contributed by atoms with van der Waals surface area (Å²) in [5.74, 6) is -3.88. The molecule has 1 unspecified atom stereocenters. The fraction of sp³-hybridized carbons (Fsp3) is 0.400. The number of imide groups is 1. The Labute approximate surface area is 125 Å². The van der Waals surface area contributed by atoms with Crippen LogP contribution in [0.1, 0.15) is 18.9 Å². The molecule has 1 fully saturated rings. The third-order valence-corrected chi connectivity index (χ3v) is 3.33. The molecule has 1 aliphatic rings. The molecule has 1 atom stereocenters. The second kappa shape index (κ2) is 6.64. The maximum Gasteiger partial charge on any atom is 0.326 e. The fourth-order valence-electron chi connectivity index (χ4n) is 2.43. The van der Waals surface area contributed by atoms with Crippen molar-refractivity contribution in [1.29, 1.82) is 0 Å². The van der Waals surface area contributed by atoms with Crippen molar-refractivity contribution in [3.05, 3.63) is 35.4 Å². The Morgan fingerprint density at radius 1 is 1.27 bits per heavy atom. The van der Waals surface area contributed by atoms with Crippen molar-refractivity contribution in [2.75, 3.05) is 13.2 Å². The number of likely N-dealkylation sites (tertiary alicyclic amines) is 1. The highest BCUT2D eigenvalue weighted by Crippen LogP contribution is 2.24. The second-order valence-corrected chi connectivity index (χ2v) is 5.01. The van der Waals surface area contributed by atoms with Gasteiger partial charge in [0.15, 0.2) is 0 Å². The minimum absolute atomic E-state index is 0.0403. The molecule has 0 saturated carbocycles. The van der Waals surface area contributed by atoms with Crippen molar-refractivity contribution in [3.63, 3.8) is 0 Å². The summed E-state index contributed by atoms with van der Waals surface area (Å²) in [4.78, 5) is 36.2. The Balaban J connectivity index is 2.06. The van der Waals surface area contributed by atoms with Crippen molar-refractivity contribution < 1.29 is 27.9 Å². The van der Waals surface area contributed by atoms with E-state index in [1.807, 2.05) is 0 Å². The van der Waals surface area contributed by atoms with Crippen molar-refractivity contribution in [2.45, 2.75) is 19.8 Å². The van der Waals surface area contributed by atoms with Crippen LogP contribution in [-0.4, -0.2) is 35.8 Å². The standard InChI is InChI=1S/C15H15F2NO4/c1-2-22-14(20)8-18-13(19)6-10(15(18)21)3-9-4-11(16)7-12(17)5-9/h4-5,7,10H,2-3,6,8H2,1H3. The highest BCUT2D eigenvalue weighted by Gasteiger charge is 2.39. The first-order chi connectivity index (χ1) is 10.4. The lowest BCUT2D eigenvalue weighted by Crippen LogP contribution is -2.36. The van der Waals surface area contributed by atoms with Crippen molar-refractivity contribution >= 4 is 17.8 Å². The van der Waals surface area contributed by atoms with Crippen LogP contribution in [0.15, 0.2) is 18.2 Å². The number of rotatable bonds is 5. The van der Waals surface area contributed by atoms with Gasteiger partial charge in [-0.1, -0.05) is 0 Å². The van der Waals surface area contributed by atoms with Gasteiger partial charge in [-0.3, -0.25) is 19.3 Å². The molecule has 1 aliphatic heterocycles. The Morgan fingerprint density at radius 2 is 1.91 bits per heavy atom. The summed E-state index contributed by atoms with van der Waals surface area (Å²) in [5.41, 5.74) is 0.293. The van der Waals surface area contributed by atoms with Gasteiger partial charge in [0.25, 0.3) is 0 Å².